The Hall–Kier alpha value is -4.17. The van der Waals surface area contributed by atoms with Gasteiger partial charge in [0, 0.05) is 19.0 Å². The molecule has 3 atom stereocenters. The van der Waals surface area contributed by atoms with E-state index < -0.39 is 30.1 Å². The standard InChI is InChI=1S/C32H34N2O6/c1-21(39-19-22-10-3-2-4-11-22)29(30(35)34-17-9-12-23(18-34)31(36)37)33-32(38)40-20-28-26-15-7-5-13-24(26)25-14-6-8-16-27(25)28/h2-8,10-11,13-16,21,23,28-29H,9,12,17-20H2,1H3,(H,33,38)(H,36,37)/t21-,23-,29+/m0/s1. The van der Waals surface area contributed by atoms with E-state index in [1.54, 1.807) is 6.92 Å². The fourth-order valence-corrected chi connectivity index (χ4v) is 5.62. The smallest absolute Gasteiger partial charge is 0.407 e. The summed E-state index contributed by atoms with van der Waals surface area (Å²) in [4.78, 5) is 39.9. The van der Waals surface area contributed by atoms with Crippen LogP contribution >= 0.6 is 0 Å². The number of hydrogen-bond acceptors (Lipinski definition) is 5. The average Bonchev–Trinajstić information content (AvgIpc) is 3.31. The van der Waals surface area contributed by atoms with Crippen LogP contribution < -0.4 is 5.32 Å². The lowest BCUT2D eigenvalue weighted by Crippen LogP contribution is -2.56. The van der Waals surface area contributed by atoms with Crippen molar-refractivity contribution < 1.29 is 29.0 Å². The summed E-state index contributed by atoms with van der Waals surface area (Å²) in [7, 11) is 0. The number of fused-ring (bicyclic) bond motifs is 3. The van der Waals surface area contributed by atoms with Gasteiger partial charge in [-0.2, -0.15) is 0 Å². The molecule has 3 aromatic carbocycles. The summed E-state index contributed by atoms with van der Waals surface area (Å²) < 4.78 is 11.7. The van der Waals surface area contributed by atoms with Gasteiger partial charge in [0.25, 0.3) is 0 Å². The highest BCUT2D eigenvalue weighted by atomic mass is 16.5. The third-order valence-electron chi connectivity index (χ3n) is 7.79. The maximum absolute atomic E-state index is 13.6. The Morgan fingerprint density at radius 2 is 1.57 bits per heavy atom. The average molecular weight is 543 g/mol. The first-order valence-corrected chi connectivity index (χ1v) is 13.7. The van der Waals surface area contributed by atoms with Gasteiger partial charge in [-0.15, -0.1) is 0 Å². The number of carbonyl (C=O) groups excluding carboxylic acids is 2. The summed E-state index contributed by atoms with van der Waals surface area (Å²) in [6.45, 7) is 2.63. The number of nitrogens with one attached hydrogen (secondary N) is 1. The number of nitrogens with zero attached hydrogens (tertiary/aromatic N) is 1. The third kappa shape index (κ3) is 6.02. The van der Waals surface area contributed by atoms with Gasteiger partial charge in [0.2, 0.25) is 5.91 Å². The van der Waals surface area contributed by atoms with E-state index in [1.165, 1.54) is 4.90 Å². The maximum Gasteiger partial charge on any atom is 0.407 e. The van der Waals surface area contributed by atoms with Crippen LogP contribution in [0.1, 0.15) is 42.4 Å². The van der Waals surface area contributed by atoms with Gasteiger partial charge in [0.15, 0.2) is 0 Å². The second kappa shape index (κ2) is 12.3. The van der Waals surface area contributed by atoms with Gasteiger partial charge in [0.05, 0.1) is 18.6 Å². The van der Waals surface area contributed by atoms with Crippen LogP contribution in [0.3, 0.4) is 0 Å². The number of amides is 2. The zero-order valence-electron chi connectivity index (χ0n) is 22.5. The summed E-state index contributed by atoms with van der Waals surface area (Å²) in [5, 5.41) is 12.2. The molecule has 0 aromatic heterocycles. The van der Waals surface area contributed by atoms with Crippen LogP contribution in [0.15, 0.2) is 78.9 Å². The Balaban J connectivity index is 1.28. The Morgan fingerprint density at radius 3 is 2.23 bits per heavy atom. The van der Waals surface area contributed by atoms with E-state index in [0.717, 1.165) is 27.8 Å². The number of piperidine rings is 1. The van der Waals surface area contributed by atoms with E-state index in [0.29, 0.717) is 19.4 Å². The second-order valence-corrected chi connectivity index (χ2v) is 10.4. The number of carboxylic acids is 1. The number of likely N-dealkylation sites (tertiary alicyclic amines) is 1. The largest absolute Gasteiger partial charge is 0.481 e. The molecule has 1 fully saturated rings. The number of carbonyl (C=O) groups is 3. The van der Waals surface area contributed by atoms with Crippen molar-refractivity contribution in [2.75, 3.05) is 19.7 Å². The molecule has 0 radical (unpaired) electrons. The number of benzene rings is 3. The predicted molar refractivity (Wildman–Crippen MR) is 150 cm³/mol. The number of rotatable bonds is 9. The van der Waals surface area contributed by atoms with Crippen molar-refractivity contribution in [3.05, 3.63) is 95.6 Å². The van der Waals surface area contributed by atoms with E-state index >= 15 is 0 Å². The molecule has 2 amide bonds. The Kier molecular flexibility index (Phi) is 8.45. The summed E-state index contributed by atoms with van der Waals surface area (Å²) in [5.74, 6) is -2.04. The van der Waals surface area contributed by atoms with Crippen LogP contribution in [0.4, 0.5) is 4.79 Å². The summed E-state index contributed by atoms with van der Waals surface area (Å²) in [6.07, 6.45) is -0.302. The fraction of sp³-hybridized carbons (Fsp3) is 0.344. The molecule has 40 heavy (non-hydrogen) atoms. The monoisotopic (exact) mass is 542 g/mol. The van der Waals surface area contributed by atoms with Crippen molar-refractivity contribution in [2.45, 2.75) is 44.4 Å². The van der Waals surface area contributed by atoms with E-state index in [2.05, 4.69) is 17.4 Å². The summed E-state index contributed by atoms with van der Waals surface area (Å²) >= 11 is 0. The van der Waals surface area contributed by atoms with Crippen LogP contribution in [-0.2, 0) is 25.7 Å². The molecule has 1 aliphatic heterocycles. The van der Waals surface area contributed by atoms with Crippen LogP contribution in [0.5, 0.6) is 0 Å². The zero-order valence-corrected chi connectivity index (χ0v) is 22.5. The molecule has 0 unspecified atom stereocenters. The third-order valence-corrected chi connectivity index (χ3v) is 7.79. The SMILES string of the molecule is C[C@H](OCc1ccccc1)[C@@H](NC(=O)OCC1c2ccccc2-c2ccccc21)C(=O)N1CCC[C@H](C(=O)O)C1. The molecule has 0 spiro atoms. The van der Waals surface area contributed by atoms with Crippen molar-refractivity contribution >= 4 is 18.0 Å². The molecule has 1 aliphatic carbocycles. The molecule has 3 aromatic rings. The molecule has 2 N–H and O–H groups in total. The van der Waals surface area contributed by atoms with E-state index in [1.807, 2.05) is 66.7 Å². The maximum atomic E-state index is 13.6. The highest BCUT2D eigenvalue weighted by Crippen LogP contribution is 2.44. The molecule has 8 nitrogen and oxygen atoms in total. The van der Waals surface area contributed by atoms with Crippen molar-refractivity contribution in [1.82, 2.24) is 10.2 Å². The van der Waals surface area contributed by atoms with Crippen LogP contribution in [0.25, 0.3) is 11.1 Å². The molecule has 0 bridgehead atoms. The highest BCUT2D eigenvalue weighted by molar-refractivity contribution is 5.87. The molecule has 2 aliphatic rings. The Morgan fingerprint density at radius 1 is 0.950 bits per heavy atom. The van der Waals surface area contributed by atoms with Crippen LogP contribution in [0, 0.1) is 5.92 Å². The van der Waals surface area contributed by atoms with Crippen molar-refractivity contribution in [3.8, 4) is 11.1 Å². The van der Waals surface area contributed by atoms with Crippen LogP contribution in [0.2, 0.25) is 0 Å². The second-order valence-electron chi connectivity index (χ2n) is 10.4. The lowest BCUT2D eigenvalue weighted by Gasteiger charge is -2.35. The Bertz CT molecular complexity index is 1310. The molecule has 1 saturated heterocycles. The molecule has 1 heterocycles. The number of carboxylic acid groups (broad SMARTS) is 1. The summed E-state index contributed by atoms with van der Waals surface area (Å²) in [6, 6.07) is 24.7. The van der Waals surface area contributed by atoms with Gasteiger partial charge in [-0.25, -0.2) is 4.79 Å². The van der Waals surface area contributed by atoms with Crippen molar-refractivity contribution in [3.63, 3.8) is 0 Å². The molecule has 5 rings (SSSR count). The number of aliphatic carboxylic acids is 1. The molecule has 8 heteroatoms. The molecular weight excluding hydrogens is 508 g/mol. The van der Waals surface area contributed by atoms with Gasteiger partial charge in [-0.1, -0.05) is 78.9 Å². The number of ether oxygens (including phenoxy) is 2. The fourth-order valence-electron chi connectivity index (χ4n) is 5.62. The minimum Gasteiger partial charge on any atom is -0.481 e. The van der Waals surface area contributed by atoms with Gasteiger partial charge in [-0.05, 0) is 47.6 Å². The first-order valence-electron chi connectivity index (χ1n) is 13.7. The van der Waals surface area contributed by atoms with E-state index in [4.69, 9.17) is 9.47 Å². The highest BCUT2D eigenvalue weighted by Gasteiger charge is 2.36. The van der Waals surface area contributed by atoms with Crippen molar-refractivity contribution in [1.29, 1.82) is 0 Å². The lowest BCUT2D eigenvalue weighted by atomic mass is 9.97. The number of alkyl carbamates (subject to hydrolysis) is 1. The van der Waals surface area contributed by atoms with Gasteiger partial charge >= 0.3 is 12.1 Å². The topological polar surface area (TPSA) is 105 Å². The normalized spacial score (nSPS) is 17.8. The Labute approximate surface area is 233 Å². The molecule has 208 valence electrons. The molecule has 0 saturated carbocycles. The zero-order chi connectivity index (χ0) is 28.1. The van der Waals surface area contributed by atoms with Gasteiger partial charge in [-0.3, -0.25) is 9.59 Å². The quantitative estimate of drug-likeness (QED) is 0.402. The number of hydrogen-bond donors (Lipinski definition) is 2. The first kappa shape index (κ1) is 27.4. The summed E-state index contributed by atoms with van der Waals surface area (Å²) in [5.41, 5.74) is 5.38. The minimum absolute atomic E-state index is 0.0996. The van der Waals surface area contributed by atoms with E-state index in [9.17, 15) is 19.5 Å². The predicted octanol–water partition coefficient (Wildman–Crippen LogP) is 4.82. The van der Waals surface area contributed by atoms with Crippen molar-refractivity contribution in [2.24, 2.45) is 5.92 Å². The molecular formula is C32H34N2O6. The van der Waals surface area contributed by atoms with E-state index in [-0.39, 0.29) is 31.6 Å². The van der Waals surface area contributed by atoms with Crippen LogP contribution in [-0.4, -0.2) is 59.8 Å². The lowest BCUT2D eigenvalue weighted by molar-refractivity contribution is -0.147. The van der Waals surface area contributed by atoms with Gasteiger partial charge < -0.3 is 24.8 Å². The first-order chi connectivity index (χ1) is 19.4. The minimum atomic E-state index is -1.04. The van der Waals surface area contributed by atoms with Gasteiger partial charge in [0.1, 0.15) is 12.6 Å².